The van der Waals surface area contributed by atoms with Gasteiger partial charge in [-0.25, -0.2) is 0 Å². The second-order valence-electron chi connectivity index (χ2n) is 3.66. The molecule has 1 atom stereocenters. The van der Waals surface area contributed by atoms with Crippen LogP contribution in [0.25, 0.3) is 0 Å². The summed E-state index contributed by atoms with van der Waals surface area (Å²) in [6.45, 7) is 2.11. The molecule has 0 bridgehead atoms. The molecule has 1 amide bonds. The fraction of sp³-hybridized carbons (Fsp3) is 0.333. The largest absolute Gasteiger partial charge is 0.468 e. The lowest BCUT2D eigenvalue weighted by molar-refractivity contribution is -0.139. The number of ether oxygens (including phenoxy) is 1. The van der Waals surface area contributed by atoms with Crippen molar-refractivity contribution in [2.24, 2.45) is 0 Å². The van der Waals surface area contributed by atoms with Gasteiger partial charge in [-0.1, -0.05) is 38.5 Å². The van der Waals surface area contributed by atoms with Crippen LogP contribution in [-0.4, -0.2) is 29.5 Å². The van der Waals surface area contributed by atoms with Crippen LogP contribution >= 0.6 is 38.5 Å². The Kier molecular flexibility index (Phi) is 6.07. The molecule has 0 aliphatic rings. The first-order valence-corrected chi connectivity index (χ1v) is 7.25. The Morgan fingerprint density at radius 3 is 2.72 bits per heavy atom. The Labute approximate surface area is 128 Å². The minimum Gasteiger partial charge on any atom is -0.468 e. The lowest BCUT2D eigenvalue weighted by atomic mass is 10.1. The highest BCUT2D eigenvalue weighted by molar-refractivity contribution is 14.1. The van der Waals surface area contributed by atoms with E-state index in [1.165, 1.54) is 7.11 Å². The van der Waals surface area contributed by atoms with Crippen molar-refractivity contribution in [2.75, 3.05) is 13.7 Å². The molecule has 0 spiro atoms. The molecule has 0 heterocycles. The standard InChI is InChI=1S/C12H13BrINO3/c1-7-5-8(13)3-4-9(7)11(16)15-6-10(14)12(17)18-2/h3-5,10H,6H2,1-2H3,(H,15,16). The fourth-order valence-electron chi connectivity index (χ4n) is 1.37. The fourth-order valence-corrected chi connectivity index (χ4v) is 2.32. The van der Waals surface area contributed by atoms with Crippen molar-refractivity contribution in [3.63, 3.8) is 0 Å². The molecule has 0 aliphatic carbocycles. The van der Waals surface area contributed by atoms with Crippen LogP contribution in [0.2, 0.25) is 0 Å². The van der Waals surface area contributed by atoms with Gasteiger partial charge in [0.25, 0.3) is 5.91 Å². The van der Waals surface area contributed by atoms with Gasteiger partial charge < -0.3 is 10.1 Å². The van der Waals surface area contributed by atoms with Gasteiger partial charge >= 0.3 is 5.97 Å². The van der Waals surface area contributed by atoms with Crippen molar-refractivity contribution >= 4 is 50.4 Å². The van der Waals surface area contributed by atoms with Crippen LogP contribution in [0, 0.1) is 6.92 Å². The van der Waals surface area contributed by atoms with E-state index in [1.54, 1.807) is 6.07 Å². The number of halogens is 2. The number of methoxy groups -OCH3 is 1. The van der Waals surface area contributed by atoms with E-state index in [9.17, 15) is 9.59 Å². The lowest BCUT2D eigenvalue weighted by Crippen LogP contribution is -2.34. The number of carbonyl (C=O) groups excluding carboxylic acids is 2. The van der Waals surface area contributed by atoms with Crippen LogP contribution in [0.1, 0.15) is 15.9 Å². The monoisotopic (exact) mass is 425 g/mol. The topological polar surface area (TPSA) is 55.4 Å². The summed E-state index contributed by atoms with van der Waals surface area (Å²) < 4.78 is 5.13. The molecule has 1 unspecified atom stereocenters. The van der Waals surface area contributed by atoms with Crippen LogP contribution in [0.15, 0.2) is 22.7 Å². The number of carbonyl (C=O) groups is 2. The van der Waals surface area contributed by atoms with Gasteiger partial charge in [0.2, 0.25) is 0 Å². The Hall–Kier alpha value is -0.630. The van der Waals surface area contributed by atoms with Crippen LogP contribution < -0.4 is 5.32 Å². The smallest absolute Gasteiger partial charge is 0.320 e. The zero-order valence-corrected chi connectivity index (χ0v) is 13.7. The Morgan fingerprint density at radius 1 is 1.50 bits per heavy atom. The van der Waals surface area contributed by atoms with E-state index in [0.717, 1.165) is 10.0 Å². The minimum absolute atomic E-state index is 0.189. The second-order valence-corrected chi connectivity index (χ2v) is 6.08. The van der Waals surface area contributed by atoms with E-state index >= 15 is 0 Å². The van der Waals surface area contributed by atoms with Crippen LogP contribution in [0.5, 0.6) is 0 Å². The van der Waals surface area contributed by atoms with E-state index in [0.29, 0.717) is 5.56 Å². The van der Waals surface area contributed by atoms with Crippen molar-refractivity contribution in [1.82, 2.24) is 5.32 Å². The van der Waals surface area contributed by atoms with E-state index in [-0.39, 0.29) is 22.3 Å². The number of esters is 1. The number of hydrogen-bond donors (Lipinski definition) is 1. The van der Waals surface area contributed by atoms with Crippen molar-refractivity contribution < 1.29 is 14.3 Å². The summed E-state index contributed by atoms with van der Waals surface area (Å²) in [6, 6.07) is 5.43. The molecule has 1 aromatic carbocycles. The third-order valence-corrected chi connectivity index (χ3v) is 3.77. The number of hydrogen-bond acceptors (Lipinski definition) is 3. The van der Waals surface area contributed by atoms with E-state index in [2.05, 4.69) is 26.0 Å². The van der Waals surface area contributed by atoms with Gasteiger partial charge in [0.1, 0.15) is 3.92 Å². The third kappa shape index (κ3) is 4.24. The van der Waals surface area contributed by atoms with Gasteiger partial charge in [0.05, 0.1) is 7.11 Å². The van der Waals surface area contributed by atoms with Crippen molar-refractivity contribution in [3.05, 3.63) is 33.8 Å². The quantitative estimate of drug-likeness (QED) is 0.458. The predicted octanol–water partition coefficient (Wildman–Crippen LogP) is 2.46. The van der Waals surface area contributed by atoms with Gasteiger partial charge in [-0.15, -0.1) is 0 Å². The maximum atomic E-state index is 11.9. The Bertz CT molecular complexity index is 465. The first-order valence-electron chi connectivity index (χ1n) is 5.22. The first kappa shape index (κ1) is 15.4. The maximum Gasteiger partial charge on any atom is 0.320 e. The highest BCUT2D eigenvalue weighted by Gasteiger charge is 2.17. The molecule has 0 aliphatic heterocycles. The first-order chi connectivity index (χ1) is 8.45. The van der Waals surface area contributed by atoms with E-state index in [1.807, 2.05) is 41.6 Å². The molecule has 0 saturated carbocycles. The molecule has 18 heavy (non-hydrogen) atoms. The van der Waals surface area contributed by atoms with Gasteiger partial charge in [0.15, 0.2) is 0 Å². The molecular formula is C12H13BrINO3. The zero-order valence-electron chi connectivity index (χ0n) is 10.00. The molecule has 0 fully saturated rings. The van der Waals surface area contributed by atoms with Crippen molar-refractivity contribution in [2.45, 2.75) is 10.8 Å². The van der Waals surface area contributed by atoms with E-state index in [4.69, 9.17) is 0 Å². The highest BCUT2D eigenvalue weighted by atomic mass is 127. The molecule has 6 heteroatoms. The van der Waals surface area contributed by atoms with Crippen LogP contribution in [-0.2, 0) is 9.53 Å². The van der Waals surface area contributed by atoms with Crippen LogP contribution in [0.4, 0.5) is 0 Å². The molecule has 1 N–H and O–H groups in total. The van der Waals surface area contributed by atoms with Gasteiger partial charge in [0, 0.05) is 16.6 Å². The Morgan fingerprint density at radius 2 is 2.17 bits per heavy atom. The summed E-state index contributed by atoms with van der Waals surface area (Å²) in [6.07, 6.45) is 0. The molecule has 98 valence electrons. The Balaban J connectivity index is 2.63. The zero-order chi connectivity index (χ0) is 13.7. The molecule has 0 saturated heterocycles. The van der Waals surface area contributed by atoms with Gasteiger partial charge in [-0.2, -0.15) is 0 Å². The molecule has 1 rings (SSSR count). The van der Waals surface area contributed by atoms with Crippen molar-refractivity contribution in [3.8, 4) is 0 Å². The molecule has 4 nitrogen and oxygen atoms in total. The summed E-state index contributed by atoms with van der Waals surface area (Å²) in [5.74, 6) is -0.533. The molecular weight excluding hydrogens is 413 g/mol. The molecule has 0 radical (unpaired) electrons. The number of alkyl halides is 1. The average Bonchev–Trinajstić information content (AvgIpc) is 2.34. The summed E-state index contributed by atoms with van der Waals surface area (Å²) in [5.41, 5.74) is 1.48. The van der Waals surface area contributed by atoms with E-state index < -0.39 is 0 Å². The third-order valence-electron chi connectivity index (χ3n) is 2.33. The molecule has 0 aromatic heterocycles. The highest BCUT2D eigenvalue weighted by Crippen LogP contribution is 2.15. The summed E-state index contributed by atoms with van der Waals surface area (Å²) >= 11 is 5.28. The van der Waals surface area contributed by atoms with Crippen LogP contribution in [0.3, 0.4) is 0 Å². The predicted molar refractivity (Wildman–Crippen MR) is 81.0 cm³/mol. The average molecular weight is 426 g/mol. The van der Waals surface area contributed by atoms with Gasteiger partial charge in [-0.05, 0) is 30.7 Å². The minimum atomic E-state index is -0.382. The summed E-state index contributed by atoms with van der Waals surface area (Å²) in [4.78, 5) is 23.1. The number of aryl methyl sites for hydroxylation is 1. The molecule has 1 aromatic rings. The number of rotatable bonds is 4. The maximum absolute atomic E-state index is 11.9. The number of nitrogens with one attached hydrogen (secondary N) is 1. The number of amides is 1. The normalized spacial score (nSPS) is 11.8. The second kappa shape index (κ2) is 7.08. The SMILES string of the molecule is COC(=O)C(I)CNC(=O)c1ccc(Br)cc1C. The number of benzene rings is 1. The lowest BCUT2D eigenvalue weighted by Gasteiger charge is -2.10. The summed E-state index contributed by atoms with van der Waals surface area (Å²) in [5, 5.41) is 2.71. The van der Waals surface area contributed by atoms with Crippen molar-refractivity contribution in [1.29, 1.82) is 0 Å². The summed E-state index contributed by atoms with van der Waals surface area (Å²) in [7, 11) is 1.33. The van der Waals surface area contributed by atoms with Gasteiger partial charge in [-0.3, -0.25) is 9.59 Å².